The zero-order valence-electron chi connectivity index (χ0n) is 16.1. The molecule has 5 rings (SSSR count). The number of carbonyl (C=O) groups excluding carboxylic acids is 2. The van der Waals surface area contributed by atoms with Crippen molar-refractivity contribution in [2.45, 2.75) is 64.5 Å². The van der Waals surface area contributed by atoms with Crippen LogP contribution in [0.1, 0.15) is 52.4 Å². The molecule has 6 heteroatoms. The monoisotopic (exact) mass is 363 g/mol. The lowest BCUT2D eigenvalue weighted by Crippen LogP contribution is -2.57. The molecule has 5 fully saturated rings. The fourth-order valence-electron chi connectivity index (χ4n) is 5.91. The molecule has 0 aromatic carbocycles. The molecular formula is C20H33N3O3. The topological polar surface area (TPSA) is 70.7 Å². The van der Waals surface area contributed by atoms with Crippen molar-refractivity contribution in [1.29, 1.82) is 0 Å². The molecule has 4 aliphatic carbocycles. The SMILES string of the molecule is CC(C)COC(=O)N[C@@H]1CCN(C(=O)NC2C3CC4CC(C3)CC2C4)C1. The van der Waals surface area contributed by atoms with Gasteiger partial charge in [0.1, 0.15) is 0 Å². The molecule has 0 aromatic rings. The van der Waals surface area contributed by atoms with Gasteiger partial charge in [0.2, 0.25) is 0 Å². The van der Waals surface area contributed by atoms with Gasteiger partial charge in [-0.25, -0.2) is 9.59 Å². The van der Waals surface area contributed by atoms with Crippen molar-refractivity contribution in [2.75, 3.05) is 19.7 Å². The fourth-order valence-corrected chi connectivity index (χ4v) is 5.91. The van der Waals surface area contributed by atoms with Gasteiger partial charge in [0.25, 0.3) is 0 Å². The average Bonchev–Trinajstić information content (AvgIpc) is 3.04. The summed E-state index contributed by atoms with van der Waals surface area (Å²) >= 11 is 0. The number of hydrogen-bond donors (Lipinski definition) is 2. The Balaban J connectivity index is 1.24. The van der Waals surface area contributed by atoms with Gasteiger partial charge in [-0.05, 0) is 68.1 Å². The molecule has 5 aliphatic rings. The number of nitrogens with zero attached hydrogens (tertiary/aromatic N) is 1. The van der Waals surface area contributed by atoms with E-state index in [0.717, 1.165) is 18.3 Å². The average molecular weight is 364 g/mol. The molecule has 4 saturated carbocycles. The van der Waals surface area contributed by atoms with Gasteiger partial charge in [-0.15, -0.1) is 0 Å². The van der Waals surface area contributed by atoms with Crippen molar-refractivity contribution in [3.05, 3.63) is 0 Å². The summed E-state index contributed by atoms with van der Waals surface area (Å²) in [5.74, 6) is 3.55. The highest BCUT2D eigenvalue weighted by Gasteiger charge is 2.49. The van der Waals surface area contributed by atoms with Crippen molar-refractivity contribution in [3.8, 4) is 0 Å². The number of rotatable bonds is 4. The Morgan fingerprint density at radius 1 is 1.04 bits per heavy atom. The molecule has 1 saturated heterocycles. The highest BCUT2D eigenvalue weighted by atomic mass is 16.5. The molecule has 1 aliphatic heterocycles. The van der Waals surface area contributed by atoms with E-state index in [1.54, 1.807) is 0 Å². The number of likely N-dealkylation sites (tertiary alicyclic amines) is 1. The van der Waals surface area contributed by atoms with E-state index in [9.17, 15) is 9.59 Å². The Morgan fingerprint density at radius 3 is 2.31 bits per heavy atom. The summed E-state index contributed by atoms with van der Waals surface area (Å²) in [5.41, 5.74) is 0. The third kappa shape index (κ3) is 3.79. The first-order chi connectivity index (χ1) is 12.5. The van der Waals surface area contributed by atoms with Gasteiger partial charge >= 0.3 is 12.1 Å². The van der Waals surface area contributed by atoms with Crippen molar-refractivity contribution >= 4 is 12.1 Å². The van der Waals surface area contributed by atoms with Gasteiger partial charge < -0.3 is 20.3 Å². The van der Waals surface area contributed by atoms with Gasteiger partial charge in [-0.3, -0.25) is 0 Å². The third-order valence-electron chi connectivity index (χ3n) is 6.86. The van der Waals surface area contributed by atoms with E-state index in [1.165, 1.54) is 32.1 Å². The maximum atomic E-state index is 12.8. The normalized spacial score (nSPS) is 37.9. The molecule has 1 heterocycles. The van der Waals surface area contributed by atoms with Gasteiger partial charge in [0.15, 0.2) is 0 Å². The van der Waals surface area contributed by atoms with Crippen LogP contribution in [-0.2, 0) is 4.74 Å². The molecule has 0 spiro atoms. The van der Waals surface area contributed by atoms with Crippen molar-refractivity contribution in [1.82, 2.24) is 15.5 Å². The van der Waals surface area contributed by atoms with Crippen LogP contribution in [-0.4, -0.2) is 48.8 Å². The van der Waals surface area contributed by atoms with Gasteiger partial charge in [-0.2, -0.15) is 0 Å². The number of alkyl carbamates (subject to hydrolysis) is 1. The molecule has 1 atom stereocenters. The Morgan fingerprint density at radius 2 is 1.69 bits per heavy atom. The fraction of sp³-hybridized carbons (Fsp3) is 0.900. The number of ether oxygens (including phenoxy) is 1. The highest BCUT2D eigenvalue weighted by Crippen LogP contribution is 2.53. The van der Waals surface area contributed by atoms with Gasteiger partial charge in [-0.1, -0.05) is 13.8 Å². The zero-order chi connectivity index (χ0) is 18.3. The number of hydrogen-bond acceptors (Lipinski definition) is 3. The van der Waals surface area contributed by atoms with Crippen LogP contribution in [0.25, 0.3) is 0 Å². The predicted octanol–water partition coefficient (Wildman–Crippen LogP) is 2.98. The molecule has 0 aromatic heterocycles. The maximum Gasteiger partial charge on any atom is 0.407 e. The first-order valence-electron chi connectivity index (χ1n) is 10.5. The maximum absolute atomic E-state index is 12.8. The minimum absolute atomic E-state index is 0.00101. The van der Waals surface area contributed by atoms with Crippen LogP contribution in [0, 0.1) is 29.6 Å². The first kappa shape index (κ1) is 17.9. The van der Waals surface area contributed by atoms with Crippen LogP contribution in [0.4, 0.5) is 9.59 Å². The molecular weight excluding hydrogens is 330 g/mol. The molecule has 0 unspecified atom stereocenters. The number of nitrogens with one attached hydrogen (secondary N) is 2. The first-order valence-corrected chi connectivity index (χ1v) is 10.5. The summed E-state index contributed by atoms with van der Waals surface area (Å²) in [5, 5.41) is 6.25. The quantitative estimate of drug-likeness (QED) is 0.807. The lowest BCUT2D eigenvalue weighted by molar-refractivity contribution is -0.0107. The second-order valence-electron chi connectivity index (χ2n) is 9.47. The molecule has 146 valence electrons. The third-order valence-corrected chi connectivity index (χ3v) is 6.86. The molecule has 2 N–H and O–H groups in total. The predicted molar refractivity (Wildman–Crippen MR) is 98.7 cm³/mol. The molecule has 26 heavy (non-hydrogen) atoms. The Hall–Kier alpha value is -1.46. The summed E-state index contributed by atoms with van der Waals surface area (Å²) in [4.78, 5) is 26.4. The zero-order valence-corrected chi connectivity index (χ0v) is 16.1. The van der Waals surface area contributed by atoms with Crippen molar-refractivity contribution in [3.63, 3.8) is 0 Å². The summed E-state index contributed by atoms with van der Waals surface area (Å²) in [6.07, 6.45) is 7.10. The van der Waals surface area contributed by atoms with Crippen LogP contribution < -0.4 is 10.6 Å². The summed E-state index contributed by atoms with van der Waals surface area (Å²) in [7, 11) is 0. The van der Waals surface area contributed by atoms with Gasteiger partial charge in [0.05, 0.1) is 12.6 Å². The summed E-state index contributed by atoms with van der Waals surface area (Å²) in [6, 6.07) is 0.430. The largest absolute Gasteiger partial charge is 0.449 e. The second kappa shape index (κ2) is 7.28. The van der Waals surface area contributed by atoms with Crippen molar-refractivity contribution in [2.24, 2.45) is 29.6 Å². The summed E-state index contributed by atoms with van der Waals surface area (Å²) in [6.45, 7) is 5.73. The van der Waals surface area contributed by atoms with Crippen LogP contribution in [0.5, 0.6) is 0 Å². The van der Waals surface area contributed by atoms with E-state index < -0.39 is 0 Å². The molecule has 6 nitrogen and oxygen atoms in total. The lowest BCUT2D eigenvalue weighted by Gasteiger charge is -2.54. The minimum atomic E-state index is -0.369. The molecule has 4 bridgehead atoms. The van der Waals surface area contributed by atoms with E-state index in [2.05, 4.69) is 10.6 Å². The standard InChI is InChI=1S/C20H33N3O3/c1-12(2)11-26-20(25)21-17-3-4-23(10-17)19(24)22-18-15-6-13-5-14(8-15)9-16(18)7-13/h12-18H,3-11H2,1-2H3,(H,21,25)(H,22,24)/t13?,14?,15?,16?,17-,18?/m1/s1. The molecule has 0 radical (unpaired) electrons. The van der Waals surface area contributed by atoms with E-state index in [-0.39, 0.29) is 18.2 Å². The molecule has 3 amide bonds. The number of urea groups is 1. The number of carbonyl (C=O) groups is 2. The second-order valence-corrected chi connectivity index (χ2v) is 9.47. The number of amides is 3. The van der Waals surface area contributed by atoms with E-state index in [0.29, 0.717) is 43.5 Å². The van der Waals surface area contributed by atoms with Gasteiger partial charge in [0, 0.05) is 19.1 Å². The minimum Gasteiger partial charge on any atom is -0.449 e. The van der Waals surface area contributed by atoms with E-state index in [1.807, 2.05) is 18.7 Å². The Kier molecular flexibility index (Phi) is 5.02. The van der Waals surface area contributed by atoms with Crippen LogP contribution >= 0.6 is 0 Å². The lowest BCUT2D eigenvalue weighted by atomic mass is 9.54. The van der Waals surface area contributed by atoms with E-state index >= 15 is 0 Å². The Labute approximate surface area is 156 Å². The van der Waals surface area contributed by atoms with Crippen LogP contribution in [0.15, 0.2) is 0 Å². The Bertz CT molecular complexity index is 522. The van der Waals surface area contributed by atoms with Crippen LogP contribution in [0.2, 0.25) is 0 Å². The van der Waals surface area contributed by atoms with E-state index in [4.69, 9.17) is 4.74 Å². The highest BCUT2D eigenvalue weighted by molar-refractivity contribution is 5.75. The smallest absolute Gasteiger partial charge is 0.407 e. The van der Waals surface area contributed by atoms with Crippen LogP contribution in [0.3, 0.4) is 0 Å². The summed E-state index contributed by atoms with van der Waals surface area (Å²) < 4.78 is 5.18. The van der Waals surface area contributed by atoms with Crippen molar-refractivity contribution < 1.29 is 14.3 Å².